The Morgan fingerprint density at radius 1 is 0.913 bits per heavy atom. The lowest BCUT2D eigenvalue weighted by molar-refractivity contribution is 0.628. The van der Waals surface area contributed by atoms with Crippen LogP contribution in [0.4, 0.5) is 8.78 Å². The lowest BCUT2D eigenvalue weighted by atomic mass is 9.99. The first-order valence-corrected chi connectivity index (χ1v) is 7.08. The van der Waals surface area contributed by atoms with E-state index in [4.69, 9.17) is 6.42 Å². The van der Waals surface area contributed by atoms with E-state index in [-0.39, 0.29) is 11.6 Å². The first kappa shape index (κ1) is 14.9. The van der Waals surface area contributed by atoms with Crippen molar-refractivity contribution < 1.29 is 8.78 Å². The lowest BCUT2D eigenvalue weighted by Gasteiger charge is -2.11. The maximum Gasteiger partial charge on any atom is 0.123 e. The van der Waals surface area contributed by atoms with Gasteiger partial charge in [0.1, 0.15) is 11.6 Å². The Morgan fingerprint density at radius 3 is 2.13 bits per heavy atom. The molecule has 23 heavy (non-hydrogen) atoms. The van der Waals surface area contributed by atoms with Gasteiger partial charge in [-0.05, 0) is 42.8 Å². The van der Waals surface area contributed by atoms with Gasteiger partial charge in [-0.15, -0.1) is 6.42 Å². The predicted molar refractivity (Wildman–Crippen MR) is 87.7 cm³/mol. The van der Waals surface area contributed by atoms with Gasteiger partial charge in [-0.2, -0.15) is 0 Å². The molecule has 1 heterocycles. The van der Waals surface area contributed by atoms with Crippen LogP contribution in [-0.2, 0) is 0 Å². The highest BCUT2D eigenvalue weighted by atomic mass is 19.1. The normalized spacial score (nSPS) is 10.3. The Bertz CT molecular complexity index is 923. The van der Waals surface area contributed by atoms with Crippen molar-refractivity contribution in [2.24, 2.45) is 0 Å². The Balaban J connectivity index is 2.25. The molecule has 0 fully saturated rings. The molecule has 0 spiro atoms. The van der Waals surface area contributed by atoms with E-state index in [1.807, 2.05) is 13.0 Å². The van der Waals surface area contributed by atoms with Crippen LogP contribution >= 0.6 is 0 Å². The fraction of sp³-hybridized carbons (Fsp3) is 0.0500. The molecule has 0 saturated carbocycles. The molecule has 0 radical (unpaired) electrons. The van der Waals surface area contributed by atoms with Gasteiger partial charge in [-0.25, -0.2) is 13.8 Å². The van der Waals surface area contributed by atoms with Crippen molar-refractivity contribution in [2.75, 3.05) is 0 Å². The van der Waals surface area contributed by atoms with Crippen LogP contribution in [0, 0.1) is 30.9 Å². The Labute approximate surface area is 133 Å². The van der Waals surface area contributed by atoms with E-state index >= 15 is 0 Å². The summed E-state index contributed by atoms with van der Waals surface area (Å²) in [5.74, 6) is 1.92. The molecule has 0 aliphatic carbocycles. The van der Waals surface area contributed by atoms with Gasteiger partial charge < -0.3 is 0 Å². The molecule has 2 aromatic carbocycles. The molecule has 0 atom stereocenters. The molecule has 0 aliphatic rings. The predicted octanol–water partition coefficient (Wildman–Crippen LogP) is 4.98. The average molecular weight is 305 g/mol. The summed E-state index contributed by atoms with van der Waals surface area (Å²) in [6.07, 6.45) is 5.60. The fourth-order valence-corrected chi connectivity index (χ4v) is 2.50. The molecule has 3 aromatic rings. The minimum atomic E-state index is -0.360. The first-order chi connectivity index (χ1) is 11.1. The minimum Gasteiger partial charge on any atom is -0.246 e. The van der Waals surface area contributed by atoms with E-state index in [0.717, 1.165) is 5.56 Å². The number of halogens is 2. The highest BCUT2D eigenvalue weighted by Crippen LogP contribution is 2.29. The summed E-state index contributed by atoms with van der Waals surface area (Å²) in [6, 6.07) is 14.1. The van der Waals surface area contributed by atoms with Crippen LogP contribution in [0.2, 0.25) is 0 Å². The smallest absolute Gasteiger partial charge is 0.123 e. The van der Waals surface area contributed by atoms with Crippen LogP contribution in [0.5, 0.6) is 0 Å². The van der Waals surface area contributed by atoms with Gasteiger partial charge >= 0.3 is 0 Å². The summed E-state index contributed by atoms with van der Waals surface area (Å²) in [4.78, 5) is 4.55. The Morgan fingerprint density at radius 2 is 1.52 bits per heavy atom. The zero-order chi connectivity index (χ0) is 16.4. The number of hydrogen-bond acceptors (Lipinski definition) is 1. The third-order valence-corrected chi connectivity index (χ3v) is 3.58. The highest BCUT2D eigenvalue weighted by molar-refractivity contribution is 5.73. The first-order valence-electron chi connectivity index (χ1n) is 7.08. The van der Waals surface area contributed by atoms with Gasteiger partial charge in [0.25, 0.3) is 0 Å². The van der Waals surface area contributed by atoms with Crippen LogP contribution in [0.25, 0.3) is 22.5 Å². The van der Waals surface area contributed by atoms with Crippen LogP contribution in [0.1, 0.15) is 11.1 Å². The Hall–Kier alpha value is -2.99. The molecule has 0 aliphatic heterocycles. The number of aryl methyl sites for hydroxylation is 1. The van der Waals surface area contributed by atoms with Crippen molar-refractivity contribution in [3.8, 4) is 34.9 Å². The number of aromatic nitrogens is 1. The third-order valence-electron chi connectivity index (χ3n) is 3.58. The lowest BCUT2D eigenvalue weighted by Crippen LogP contribution is -1.97. The summed E-state index contributed by atoms with van der Waals surface area (Å²) in [5.41, 5.74) is 3.80. The van der Waals surface area contributed by atoms with Crippen molar-refractivity contribution in [1.82, 2.24) is 4.98 Å². The quantitative estimate of drug-likeness (QED) is 0.608. The van der Waals surface area contributed by atoms with Crippen LogP contribution < -0.4 is 0 Å². The number of rotatable bonds is 2. The number of hydrogen-bond donors (Lipinski definition) is 0. The van der Waals surface area contributed by atoms with Crippen molar-refractivity contribution >= 4 is 0 Å². The molecule has 1 nitrogen and oxygen atoms in total. The highest BCUT2D eigenvalue weighted by Gasteiger charge is 2.12. The second kappa shape index (κ2) is 6.02. The monoisotopic (exact) mass is 305 g/mol. The van der Waals surface area contributed by atoms with Crippen molar-refractivity contribution in [3.63, 3.8) is 0 Å². The molecule has 112 valence electrons. The molecule has 3 heteroatoms. The van der Waals surface area contributed by atoms with E-state index in [0.29, 0.717) is 28.1 Å². The average Bonchev–Trinajstić information content (AvgIpc) is 2.54. The molecule has 0 N–H and O–H groups in total. The zero-order valence-corrected chi connectivity index (χ0v) is 12.5. The van der Waals surface area contributed by atoms with E-state index in [2.05, 4.69) is 10.9 Å². The zero-order valence-electron chi connectivity index (χ0n) is 12.5. The summed E-state index contributed by atoms with van der Waals surface area (Å²) >= 11 is 0. The molecule has 0 unspecified atom stereocenters. The van der Waals surface area contributed by atoms with E-state index in [1.54, 1.807) is 24.3 Å². The van der Waals surface area contributed by atoms with Crippen molar-refractivity contribution in [2.45, 2.75) is 6.92 Å². The van der Waals surface area contributed by atoms with E-state index in [1.165, 1.54) is 24.3 Å². The summed E-state index contributed by atoms with van der Waals surface area (Å²) in [7, 11) is 0. The topological polar surface area (TPSA) is 12.9 Å². The van der Waals surface area contributed by atoms with Crippen molar-refractivity contribution in [3.05, 3.63) is 77.4 Å². The Kier molecular flexibility index (Phi) is 3.91. The number of benzene rings is 2. The molecule has 0 saturated heterocycles. The number of nitrogens with zero attached hydrogens (tertiary/aromatic N) is 1. The molecular formula is C20H13F2N. The van der Waals surface area contributed by atoms with E-state index < -0.39 is 0 Å². The second-order valence-corrected chi connectivity index (χ2v) is 5.21. The minimum absolute atomic E-state index is 0.338. The summed E-state index contributed by atoms with van der Waals surface area (Å²) in [6.45, 7) is 1.86. The molecule has 0 amide bonds. The fourth-order valence-electron chi connectivity index (χ4n) is 2.50. The van der Waals surface area contributed by atoms with Gasteiger partial charge in [0.2, 0.25) is 0 Å². The largest absolute Gasteiger partial charge is 0.246 e. The second-order valence-electron chi connectivity index (χ2n) is 5.21. The van der Waals surface area contributed by atoms with Crippen LogP contribution in [-0.4, -0.2) is 4.98 Å². The molecule has 1 aromatic heterocycles. The third kappa shape index (κ3) is 2.97. The number of pyridine rings is 1. The summed E-state index contributed by atoms with van der Waals surface area (Å²) in [5, 5.41) is 0. The standard InChI is InChI=1S/C20H13F2N/c1-3-18-13(2)10-19(14-6-4-8-16(21)11-14)23-20(18)15-7-5-9-17(22)12-15/h1,4-12H,2H3. The van der Waals surface area contributed by atoms with E-state index in [9.17, 15) is 8.78 Å². The van der Waals surface area contributed by atoms with Crippen LogP contribution in [0.3, 0.4) is 0 Å². The van der Waals surface area contributed by atoms with Gasteiger partial charge in [0.15, 0.2) is 0 Å². The van der Waals surface area contributed by atoms with Gasteiger partial charge in [0.05, 0.1) is 17.0 Å². The van der Waals surface area contributed by atoms with Gasteiger partial charge in [-0.3, -0.25) is 0 Å². The molecule has 3 rings (SSSR count). The van der Waals surface area contributed by atoms with Crippen molar-refractivity contribution in [1.29, 1.82) is 0 Å². The van der Waals surface area contributed by atoms with Gasteiger partial charge in [-0.1, -0.05) is 30.2 Å². The summed E-state index contributed by atoms with van der Waals surface area (Å²) < 4.78 is 27.0. The molecule has 0 bridgehead atoms. The molecular weight excluding hydrogens is 292 g/mol. The number of terminal acetylenes is 1. The maximum absolute atomic E-state index is 13.5. The maximum atomic E-state index is 13.5. The van der Waals surface area contributed by atoms with Crippen LogP contribution in [0.15, 0.2) is 54.6 Å². The SMILES string of the molecule is C#Cc1c(C)cc(-c2cccc(F)c2)nc1-c1cccc(F)c1. The van der Waals surface area contributed by atoms with Gasteiger partial charge in [0, 0.05) is 11.1 Å².